The SMILES string of the molecule is O=C1c2ccccc2C(=O)N1C/C=C1\CCCn2nnc(-c3ccc(C(F)(F)F)cc3)c21. The number of carbonyl (C=O) groups excluding carboxylic acids is 2. The van der Waals surface area contributed by atoms with Crippen LogP contribution in [-0.4, -0.2) is 38.3 Å². The molecular formula is C23H17F3N4O2. The maximum absolute atomic E-state index is 12.9. The fourth-order valence-corrected chi connectivity index (χ4v) is 4.14. The summed E-state index contributed by atoms with van der Waals surface area (Å²) in [6.45, 7) is 0.729. The first-order valence-electron chi connectivity index (χ1n) is 10.1. The molecule has 0 fully saturated rings. The van der Waals surface area contributed by atoms with Gasteiger partial charge in [0.2, 0.25) is 0 Å². The smallest absolute Gasteiger partial charge is 0.270 e. The Kier molecular flexibility index (Phi) is 4.69. The van der Waals surface area contributed by atoms with E-state index in [0.29, 0.717) is 41.0 Å². The fourth-order valence-electron chi connectivity index (χ4n) is 4.14. The van der Waals surface area contributed by atoms with Crippen LogP contribution >= 0.6 is 0 Å². The number of benzene rings is 2. The van der Waals surface area contributed by atoms with E-state index in [4.69, 9.17) is 0 Å². The third kappa shape index (κ3) is 3.30. The number of amides is 2. The summed E-state index contributed by atoms with van der Waals surface area (Å²) in [5.41, 5.74) is 2.59. The normalized spacial score (nSPS) is 17.1. The third-order valence-corrected chi connectivity index (χ3v) is 5.74. The Labute approximate surface area is 181 Å². The van der Waals surface area contributed by atoms with E-state index in [1.807, 2.05) is 6.08 Å². The molecule has 162 valence electrons. The Morgan fingerprint density at radius 1 is 0.969 bits per heavy atom. The minimum atomic E-state index is -4.41. The second-order valence-corrected chi connectivity index (χ2v) is 7.68. The van der Waals surface area contributed by atoms with Crippen LogP contribution in [-0.2, 0) is 12.7 Å². The van der Waals surface area contributed by atoms with Gasteiger partial charge in [0, 0.05) is 18.7 Å². The molecule has 0 aliphatic carbocycles. The summed E-state index contributed by atoms with van der Waals surface area (Å²) in [5.74, 6) is -0.680. The first-order valence-corrected chi connectivity index (χ1v) is 10.1. The number of allylic oxidation sites excluding steroid dienone is 1. The van der Waals surface area contributed by atoms with Gasteiger partial charge in [-0.1, -0.05) is 35.6 Å². The minimum Gasteiger partial charge on any atom is -0.270 e. The molecule has 1 aromatic heterocycles. The number of rotatable bonds is 3. The van der Waals surface area contributed by atoms with E-state index < -0.39 is 11.7 Å². The number of alkyl halides is 3. The summed E-state index contributed by atoms with van der Waals surface area (Å²) in [7, 11) is 0. The summed E-state index contributed by atoms with van der Waals surface area (Å²) in [4.78, 5) is 26.5. The molecule has 5 rings (SSSR count). The maximum atomic E-state index is 12.9. The van der Waals surface area contributed by atoms with Gasteiger partial charge in [-0.05, 0) is 42.7 Å². The average Bonchev–Trinajstić information content (AvgIpc) is 3.32. The van der Waals surface area contributed by atoms with Crippen molar-refractivity contribution in [1.29, 1.82) is 0 Å². The number of fused-ring (bicyclic) bond motifs is 2. The molecule has 2 aliphatic heterocycles. The van der Waals surface area contributed by atoms with Crippen LogP contribution in [0.1, 0.15) is 44.8 Å². The molecule has 0 radical (unpaired) electrons. The molecule has 9 heteroatoms. The van der Waals surface area contributed by atoms with Crippen molar-refractivity contribution in [1.82, 2.24) is 19.9 Å². The number of nitrogens with zero attached hydrogens (tertiary/aromatic N) is 4. The van der Waals surface area contributed by atoms with Crippen LogP contribution in [0.5, 0.6) is 0 Å². The van der Waals surface area contributed by atoms with Crippen molar-refractivity contribution < 1.29 is 22.8 Å². The van der Waals surface area contributed by atoms with Crippen LogP contribution in [0.15, 0.2) is 54.6 Å². The van der Waals surface area contributed by atoms with Gasteiger partial charge in [0.1, 0.15) is 5.69 Å². The number of imide groups is 1. The van der Waals surface area contributed by atoms with Gasteiger partial charge in [-0.2, -0.15) is 13.2 Å². The number of hydrogen-bond donors (Lipinski definition) is 0. The number of halogens is 3. The molecule has 0 bridgehead atoms. The zero-order valence-electron chi connectivity index (χ0n) is 16.8. The van der Waals surface area contributed by atoms with Crippen LogP contribution in [0.2, 0.25) is 0 Å². The molecule has 0 saturated carbocycles. The van der Waals surface area contributed by atoms with Crippen molar-refractivity contribution in [2.45, 2.75) is 25.6 Å². The van der Waals surface area contributed by atoms with Crippen molar-refractivity contribution in [2.75, 3.05) is 6.54 Å². The summed E-state index contributed by atoms with van der Waals surface area (Å²) in [6, 6.07) is 11.5. The Balaban J connectivity index is 1.46. The molecule has 0 spiro atoms. The van der Waals surface area contributed by atoms with Gasteiger partial charge in [0.05, 0.1) is 22.4 Å². The largest absolute Gasteiger partial charge is 0.416 e. The number of aryl methyl sites for hydroxylation is 1. The lowest BCUT2D eigenvalue weighted by Gasteiger charge is -2.19. The summed E-state index contributed by atoms with van der Waals surface area (Å²) >= 11 is 0. The second kappa shape index (κ2) is 7.44. The molecule has 0 unspecified atom stereocenters. The molecule has 2 aromatic carbocycles. The third-order valence-electron chi connectivity index (χ3n) is 5.74. The highest BCUT2D eigenvalue weighted by molar-refractivity contribution is 6.21. The topological polar surface area (TPSA) is 68.1 Å². The molecule has 2 amide bonds. The highest BCUT2D eigenvalue weighted by Gasteiger charge is 2.35. The quantitative estimate of drug-likeness (QED) is 0.567. The van der Waals surface area contributed by atoms with E-state index in [1.165, 1.54) is 17.0 Å². The molecule has 2 aliphatic rings. The van der Waals surface area contributed by atoms with Crippen molar-refractivity contribution >= 4 is 17.4 Å². The van der Waals surface area contributed by atoms with Gasteiger partial charge in [0.25, 0.3) is 11.8 Å². The van der Waals surface area contributed by atoms with Crippen LogP contribution in [0.4, 0.5) is 13.2 Å². The Morgan fingerprint density at radius 3 is 2.25 bits per heavy atom. The standard InChI is InChI=1S/C23H17F3N4O2/c24-23(25,26)16-9-7-14(8-10-16)19-20-15(4-3-12-30(20)28-27-19)11-13-29-21(31)17-5-1-2-6-18(17)22(29)32/h1-2,5-11H,3-4,12-13H2/b15-11+. The van der Waals surface area contributed by atoms with Gasteiger partial charge in [0.15, 0.2) is 0 Å². The van der Waals surface area contributed by atoms with E-state index in [9.17, 15) is 22.8 Å². The molecule has 6 nitrogen and oxygen atoms in total. The first kappa shape index (κ1) is 20.2. The zero-order valence-corrected chi connectivity index (χ0v) is 16.8. The van der Waals surface area contributed by atoms with Crippen LogP contribution in [0, 0.1) is 0 Å². The molecule has 0 atom stereocenters. The zero-order chi connectivity index (χ0) is 22.5. The number of aromatic nitrogens is 3. The Hall–Kier alpha value is -3.75. The monoisotopic (exact) mass is 438 g/mol. The van der Waals surface area contributed by atoms with Crippen LogP contribution in [0.3, 0.4) is 0 Å². The average molecular weight is 438 g/mol. The van der Waals surface area contributed by atoms with Crippen LogP contribution < -0.4 is 0 Å². The highest BCUT2D eigenvalue weighted by Crippen LogP contribution is 2.35. The van der Waals surface area contributed by atoms with E-state index in [0.717, 1.165) is 24.1 Å². The first-order chi connectivity index (χ1) is 15.3. The highest BCUT2D eigenvalue weighted by atomic mass is 19.4. The fraction of sp³-hybridized carbons (Fsp3) is 0.217. The summed E-state index contributed by atoms with van der Waals surface area (Å²) in [5, 5.41) is 8.35. The molecule has 0 saturated heterocycles. The number of carbonyl (C=O) groups is 2. The van der Waals surface area contributed by atoms with Crippen molar-refractivity contribution in [2.24, 2.45) is 0 Å². The van der Waals surface area contributed by atoms with Gasteiger partial charge < -0.3 is 0 Å². The van der Waals surface area contributed by atoms with E-state index >= 15 is 0 Å². The van der Waals surface area contributed by atoms with Crippen molar-refractivity contribution in [3.05, 3.63) is 77.0 Å². The maximum Gasteiger partial charge on any atom is 0.416 e. The molecular weight excluding hydrogens is 421 g/mol. The van der Waals surface area contributed by atoms with E-state index in [2.05, 4.69) is 10.3 Å². The summed E-state index contributed by atoms with van der Waals surface area (Å²) < 4.78 is 40.4. The Bertz CT molecular complexity index is 1220. The van der Waals surface area contributed by atoms with E-state index in [1.54, 1.807) is 28.9 Å². The lowest BCUT2D eigenvalue weighted by molar-refractivity contribution is -0.137. The molecule has 0 N–H and O–H groups in total. The number of hydrogen-bond acceptors (Lipinski definition) is 4. The minimum absolute atomic E-state index is 0.0965. The van der Waals surface area contributed by atoms with Gasteiger partial charge >= 0.3 is 6.18 Å². The van der Waals surface area contributed by atoms with Gasteiger partial charge in [-0.15, -0.1) is 5.10 Å². The predicted molar refractivity (Wildman–Crippen MR) is 109 cm³/mol. The van der Waals surface area contributed by atoms with Crippen LogP contribution in [0.25, 0.3) is 16.8 Å². The summed E-state index contributed by atoms with van der Waals surface area (Å²) in [6.07, 6.45) is -1.12. The lowest BCUT2D eigenvalue weighted by Crippen LogP contribution is -2.30. The Morgan fingerprint density at radius 2 is 1.62 bits per heavy atom. The lowest BCUT2D eigenvalue weighted by atomic mass is 9.97. The molecule has 3 aromatic rings. The van der Waals surface area contributed by atoms with Gasteiger partial charge in [-0.25, -0.2) is 4.68 Å². The van der Waals surface area contributed by atoms with Crippen molar-refractivity contribution in [3.8, 4) is 11.3 Å². The molecule has 3 heterocycles. The van der Waals surface area contributed by atoms with Gasteiger partial charge in [-0.3, -0.25) is 14.5 Å². The van der Waals surface area contributed by atoms with E-state index in [-0.39, 0.29) is 18.4 Å². The van der Waals surface area contributed by atoms with Crippen molar-refractivity contribution in [3.63, 3.8) is 0 Å². The molecule has 32 heavy (non-hydrogen) atoms. The second-order valence-electron chi connectivity index (χ2n) is 7.68. The predicted octanol–water partition coefficient (Wildman–Crippen LogP) is 4.44.